The third-order valence-corrected chi connectivity index (χ3v) is 11.4. The second-order valence-corrected chi connectivity index (χ2v) is 14.8. The molecule has 10 aromatic carbocycles. The van der Waals surface area contributed by atoms with E-state index in [-0.39, 0.29) is 0 Å². The average Bonchev–Trinajstić information content (AvgIpc) is 3.69. The normalized spacial score (nSPS) is 11.4. The van der Waals surface area contributed by atoms with E-state index in [9.17, 15) is 0 Å². The first-order chi connectivity index (χ1) is 28.8. The zero-order valence-electron chi connectivity index (χ0n) is 31.7. The van der Waals surface area contributed by atoms with Crippen molar-refractivity contribution in [1.82, 2.24) is 0 Å². The number of hydrogen-bond donors (Lipinski definition) is 0. The Bertz CT molecular complexity index is 3270. The summed E-state index contributed by atoms with van der Waals surface area (Å²) >= 11 is 0. The molecular weight excluding hydrogens is 703 g/mol. The van der Waals surface area contributed by atoms with Crippen molar-refractivity contribution >= 4 is 60.5 Å². The lowest BCUT2D eigenvalue weighted by atomic mass is 9.84. The quantitative estimate of drug-likeness (QED) is 0.151. The number of rotatable bonds is 7. The largest absolute Gasteiger partial charge is 0.456 e. The first-order valence-electron chi connectivity index (χ1n) is 19.8. The van der Waals surface area contributed by atoms with Gasteiger partial charge in [-0.15, -0.1) is 0 Å². The highest BCUT2D eigenvalue weighted by atomic mass is 16.3. The van der Waals surface area contributed by atoms with Crippen LogP contribution in [0.2, 0.25) is 0 Å². The fourth-order valence-electron chi connectivity index (χ4n) is 8.83. The van der Waals surface area contributed by atoms with Crippen LogP contribution in [0.5, 0.6) is 0 Å². The molecular formula is C56H37NO. The minimum absolute atomic E-state index is 0.864. The van der Waals surface area contributed by atoms with Crippen LogP contribution in [-0.4, -0.2) is 0 Å². The predicted molar refractivity (Wildman–Crippen MR) is 245 cm³/mol. The summed E-state index contributed by atoms with van der Waals surface area (Å²) in [5.41, 5.74) is 14.5. The van der Waals surface area contributed by atoms with Crippen molar-refractivity contribution in [3.8, 4) is 44.5 Å². The monoisotopic (exact) mass is 739 g/mol. The molecule has 0 amide bonds. The molecule has 0 aliphatic rings. The lowest BCUT2D eigenvalue weighted by Crippen LogP contribution is -2.10. The Labute approximate surface area is 337 Å². The van der Waals surface area contributed by atoms with Crippen LogP contribution in [0.3, 0.4) is 0 Å². The molecule has 1 aromatic heterocycles. The van der Waals surface area contributed by atoms with Crippen LogP contribution in [0, 0.1) is 0 Å². The lowest BCUT2D eigenvalue weighted by Gasteiger charge is -2.27. The maximum Gasteiger partial charge on any atom is 0.137 e. The Morgan fingerprint density at radius 2 is 0.741 bits per heavy atom. The van der Waals surface area contributed by atoms with Gasteiger partial charge in [0.1, 0.15) is 11.2 Å². The van der Waals surface area contributed by atoms with Gasteiger partial charge in [0.15, 0.2) is 0 Å². The van der Waals surface area contributed by atoms with E-state index < -0.39 is 0 Å². The molecule has 58 heavy (non-hydrogen) atoms. The predicted octanol–water partition coefficient (Wildman–Crippen LogP) is 16.0. The summed E-state index contributed by atoms with van der Waals surface area (Å²) in [5.74, 6) is 0. The SMILES string of the molecule is c1ccc(-c2cccc(N(c3cccc(-c4ccc5c(c4)c(-c4ccccc4)c(-c4ccccc4)c4ccccc45)c3)c3cccc4oc5ccccc5c34)c2)cc1. The summed E-state index contributed by atoms with van der Waals surface area (Å²) in [4.78, 5) is 2.39. The van der Waals surface area contributed by atoms with E-state index in [1.165, 1.54) is 49.4 Å². The van der Waals surface area contributed by atoms with E-state index in [0.29, 0.717) is 0 Å². The van der Waals surface area contributed by atoms with Gasteiger partial charge in [-0.3, -0.25) is 0 Å². The number of para-hydroxylation sites is 1. The summed E-state index contributed by atoms with van der Waals surface area (Å²) in [7, 11) is 0. The molecule has 0 saturated carbocycles. The Morgan fingerprint density at radius 1 is 0.276 bits per heavy atom. The molecule has 0 spiro atoms. The Morgan fingerprint density at radius 3 is 1.41 bits per heavy atom. The van der Waals surface area contributed by atoms with Gasteiger partial charge >= 0.3 is 0 Å². The maximum atomic E-state index is 6.44. The van der Waals surface area contributed by atoms with Crippen LogP contribution >= 0.6 is 0 Å². The van der Waals surface area contributed by atoms with Gasteiger partial charge in [0, 0.05) is 16.8 Å². The number of fused-ring (bicyclic) bond motifs is 6. The summed E-state index contributed by atoms with van der Waals surface area (Å²) < 4.78 is 6.44. The zero-order chi connectivity index (χ0) is 38.4. The molecule has 0 radical (unpaired) electrons. The first kappa shape index (κ1) is 33.6. The van der Waals surface area contributed by atoms with Crippen LogP contribution in [0.25, 0.3) is 88.0 Å². The van der Waals surface area contributed by atoms with Crippen LogP contribution in [-0.2, 0) is 0 Å². The Balaban J connectivity index is 1.15. The van der Waals surface area contributed by atoms with Crippen LogP contribution in [0.15, 0.2) is 229 Å². The molecule has 0 aliphatic carbocycles. The molecule has 0 atom stereocenters. The van der Waals surface area contributed by atoms with Gasteiger partial charge in [-0.05, 0) is 115 Å². The molecule has 11 aromatic rings. The highest BCUT2D eigenvalue weighted by molar-refractivity contribution is 6.22. The average molecular weight is 740 g/mol. The van der Waals surface area contributed by atoms with Crippen LogP contribution in [0.1, 0.15) is 0 Å². The number of furan rings is 1. The van der Waals surface area contributed by atoms with Crippen molar-refractivity contribution in [2.45, 2.75) is 0 Å². The van der Waals surface area contributed by atoms with Gasteiger partial charge in [0.2, 0.25) is 0 Å². The number of nitrogens with zero attached hydrogens (tertiary/aromatic N) is 1. The van der Waals surface area contributed by atoms with Crippen LogP contribution < -0.4 is 4.90 Å². The van der Waals surface area contributed by atoms with E-state index in [4.69, 9.17) is 4.42 Å². The Hall–Kier alpha value is -7.68. The van der Waals surface area contributed by atoms with E-state index in [1.54, 1.807) is 0 Å². The smallest absolute Gasteiger partial charge is 0.137 e. The van der Waals surface area contributed by atoms with Crippen molar-refractivity contribution in [2.24, 2.45) is 0 Å². The van der Waals surface area contributed by atoms with E-state index in [2.05, 4.69) is 223 Å². The fourth-order valence-corrected chi connectivity index (χ4v) is 8.83. The standard InChI is InChI=1S/C56H37NO/c1-4-17-38(18-5-1)41-23-14-25-44(35-41)57(51-30-16-32-53-56(51)49-29-12-13-31-52(49)58-53)45-26-15-24-42(36-45)43-33-34-47-46-27-10-11-28-48(46)54(39-19-6-2-7-20-39)55(50(47)37-43)40-21-8-3-9-22-40/h1-37H. The molecule has 272 valence electrons. The number of anilines is 3. The third kappa shape index (κ3) is 5.74. The fraction of sp³-hybridized carbons (Fsp3) is 0. The zero-order valence-corrected chi connectivity index (χ0v) is 31.7. The van der Waals surface area contributed by atoms with Crippen molar-refractivity contribution < 1.29 is 4.42 Å². The van der Waals surface area contributed by atoms with Gasteiger partial charge in [-0.2, -0.15) is 0 Å². The molecule has 2 heteroatoms. The minimum atomic E-state index is 0.864. The van der Waals surface area contributed by atoms with E-state index in [0.717, 1.165) is 55.7 Å². The summed E-state index contributed by atoms with van der Waals surface area (Å²) in [6, 6.07) is 80.7. The molecule has 0 N–H and O–H groups in total. The lowest BCUT2D eigenvalue weighted by molar-refractivity contribution is 0.669. The van der Waals surface area contributed by atoms with Gasteiger partial charge in [-0.25, -0.2) is 0 Å². The number of benzene rings is 10. The first-order valence-corrected chi connectivity index (χ1v) is 19.8. The number of hydrogen-bond acceptors (Lipinski definition) is 2. The van der Waals surface area contributed by atoms with Gasteiger partial charge in [-0.1, -0.05) is 176 Å². The molecule has 0 bridgehead atoms. The van der Waals surface area contributed by atoms with E-state index in [1.807, 2.05) is 6.07 Å². The molecule has 0 unspecified atom stereocenters. The Kier molecular flexibility index (Phi) is 8.19. The molecule has 11 rings (SSSR count). The summed E-state index contributed by atoms with van der Waals surface area (Å²) in [6.07, 6.45) is 0. The summed E-state index contributed by atoms with van der Waals surface area (Å²) in [5, 5.41) is 7.16. The highest BCUT2D eigenvalue weighted by Crippen LogP contribution is 2.47. The topological polar surface area (TPSA) is 16.4 Å². The second-order valence-electron chi connectivity index (χ2n) is 14.8. The van der Waals surface area contributed by atoms with Gasteiger partial charge in [0.05, 0.1) is 11.1 Å². The molecule has 0 fully saturated rings. The molecule has 0 aliphatic heterocycles. The molecule has 2 nitrogen and oxygen atoms in total. The van der Waals surface area contributed by atoms with Crippen molar-refractivity contribution in [3.05, 3.63) is 224 Å². The van der Waals surface area contributed by atoms with Crippen molar-refractivity contribution in [3.63, 3.8) is 0 Å². The van der Waals surface area contributed by atoms with Crippen molar-refractivity contribution in [1.29, 1.82) is 0 Å². The highest BCUT2D eigenvalue weighted by Gasteiger charge is 2.22. The van der Waals surface area contributed by atoms with Gasteiger partial charge < -0.3 is 9.32 Å². The van der Waals surface area contributed by atoms with Crippen LogP contribution in [0.4, 0.5) is 17.1 Å². The van der Waals surface area contributed by atoms with Gasteiger partial charge in [0.25, 0.3) is 0 Å². The molecule has 1 heterocycles. The molecule has 0 saturated heterocycles. The minimum Gasteiger partial charge on any atom is -0.456 e. The van der Waals surface area contributed by atoms with E-state index >= 15 is 0 Å². The second kappa shape index (κ2) is 14.1. The third-order valence-electron chi connectivity index (χ3n) is 11.4. The van der Waals surface area contributed by atoms with Crippen molar-refractivity contribution in [2.75, 3.05) is 4.90 Å². The maximum absolute atomic E-state index is 6.44. The summed E-state index contributed by atoms with van der Waals surface area (Å²) in [6.45, 7) is 0.